The second-order valence-electron chi connectivity index (χ2n) is 17.0. The van der Waals surface area contributed by atoms with Gasteiger partial charge in [-0.2, -0.15) is 12.1 Å². The fourth-order valence-corrected chi connectivity index (χ4v) is 10.4. The molecule has 0 aromatic heterocycles. The largest absolute Gasteiger partial charge is 0.164 e. The molecule has 0 saturated heterocycles. The summed E-state index contributed by atoms with van der Waals surface area (Å²) < 4.78 is 0. The van der Waals surface area contributed by atoms with E-state index in [9.17, 15) is 0 Å². The van der Waals surface area contributed by atoms with Crippen LogP contribution in [0, 0.1) is 11.8 Å². The number of hydrogen-bond donors (Lipinski definition) is 0. The molecule has 0 atom stereocenters. The van der Waals surface area contributed by atoms with Gasteiger partial charge >= 0.3 is 37.9 Å². The molecular formula is C56H60Cl2SiZr. The van der Waals surface area contributed by atoms with Crippen LogP contribution in [-0.4, -0.2) is 9.52 Å². The predicted octanol–water partition coefficient (Wildman–Crippen LogP) is 17.9. The van der Waals surface area contributed by atoms with E-state index in [1.54, 1.807) is 0 Å². The van der Waals surface area contributed by atoms with Gasteiger partial charge in [-0.25, -0.2) is 0 Å². The van der Waals surface area contributed by atoms with E-state index < -0.39 is 20.8 Å². The molecule has 2 aliphatic carbocycles. The standard InChI is InChI=1S/2C26H25.C4H10Si.2ClH.Zr/c2*1-2-8-19(9-3-1)16-20-17-22-12-7-15-25(26(22)18-20)24-14-6-11-21-10-4-5-13-23(21)24;1-3-4-5-2;;;/h2*4-7,10-15,17-19H,1-3,8-9,16H2;3-4H2,1-2H3;2*1H;/q2*-1;;;;+4/p-2. The van der Waals surface area contributed by atoms with Crippen molar-refractivity contribution in [3.8, 4) is 22.3 Å². The maximum Gasteiger partial charge on any atom is -0.0114 e. The molecule has 2 radical (unpaired) electrons. The topological polar surface area (TPSA) is 0 Å². The van der Waals surface area contributed by atoms with E-state index in [1.165, 1.54) is 166 Å². The third kappa shape index (κ3) is 11.6. The van der Waals surface area contributed by atoms with Crippen LogP contribution in [0.1, 0.15) is 88.7 Å². The van der Waals surface area contributed by atoms with Gasteiger partial charge in [0.25, 0.3) is 0 Å². The van der Waals surface area contributed by atoms with Gasteiger partial charge < -0.3 is 0 Å². The average Bonchev–Trinajstić information content (AvgIpc) is 3.91. The molecule has 8 aromatic carbocycles. The first-order valence-corrected chi connectivity index (χ1v) is 30.6. The number of fused-ring (bicyclic) bond motifs is 4. The van der Waals surface area contributed by atoms with Crippen LogP contribution in [0.5, 0.6) is 0 Å². The number of hydrogen-bond acceptors (Lipinski definition) is 0. The molecule has 0 heterocycles. The van der Waals surface area contributed by atoms with Crippen molar-refractivity contribution < 1.29 is 20.8 Å². The van der Waals surface area contributed by atoms with Gasteiger partial charge in [0, 0.05) is 9.52 Å². The second-order valence-corrected chi connectivity index (χ2v) is 21.9. The van der Waals surface area contributed by atoms with Gasteiger partial charge in [0.2, 0.25) is 0 Å². The summed E-state index contributed by atoms with van der Waals surface area (Å²) in [5.41, 5.74) is 8.49. The van der Waals surface area contributed by atoms with E-state index in [1.807, 2.05) is 0 Å². The molecular weight excluding hydrogens is 863 g/mol. The molecule has 0 unspecified atom stereocenters. The van der Waals surface area contributed by atoms with Gasteiger partial charge in [0.1, 0.15) is 0 Å². The number of halogens is 2. The summed E-state index contributed by atoms with van der Waals surface area (Å²) in [7, 11) is 11.0. The minimum atomic E-state index is -0.826. The summed E-state index contributed by atoms with van der Waals surface area (Å²) in [4.78, 5) is 0. The monoisotopic (exact) mass is 920 g/mol. The fourth-order valence-electron chi connectivity index (χ4n) is 9.92. The Kier molecular flexibility index (Phi) is 17.4. The van der Waals surface area contributed by atoms with Crippen molar-refractivity contribution >= 4 is 69.6 Å². The van der Waals surface area contributed by atoms with E-state index in [2.05, 4.69) is 159 Å². The van der Waals surface area contributed by atoms with Crippen molar-refractivity contribution in [1.82, 2.24) is 0 Å². The normalized spacial score (nSPS) is 14.5. The van der Waals surface area contributed by atoms with E-state index >= 15 is 0 Å². The van der Waals surface area contributed by atoms with Gasteiger partial charge in [-0.3, -0.25) is 0 Å². The molecule has 0 nitrogen and oxygen atoms in total. The van der Waals surface area contributed by atoms with Crippen LogP contribution in [0.2, 0.25) is 12.6 Å². The first-order valence-electron chi connectivity index (χ1n) is 22.5. The molecule has 0 aliphatic heterocycles. The molecule has 60 heavy (non-hydrogen) atoms. The Morgan fingerprint density at radius 2 is 0.867 bits per heavy atom. The maximum absolute atomic E-state index is 4.93. The van der Waals surface area contributed by atoms with Crippen LogP contribution in [0.25, 0.3) is 65.3 Å². The summed E-state index contributed by atoms with van der Waals surface area (Å²) in [6.07, 6.45) is 18.1. The van der Waals surface area contributed by atoms with Crippen LogP contribution in [0.4, 0.5) is 0 Å². The van der Waals surface area contributed by atoms with Gasteiger partial charge in [-0.15, -0.1) is 69.1 Å². The van der Waals surface area contributed by atoms with Crippen molar-refractivity contribution in [2.24, 2.45) is 11.8 Å². The Bertz CT molecular complexity index is 2350. The molecule has 0 amide bonds. The third-order valence-corrected chi connectivity index (χ3v) is 13.8. The van der Waals surface area contributed by atoms with E-state index in [-0.39, 0.29) is 0 Å². The Morgan fingerprint density at radius 3 is 1.25 bits per heavy atom. The molecule has 2 saturated carbocycles. The van der Waals surface area contributed by atoms with E-state index in [0.29, 0.717) is 0 Å². The van der Waals surface area contributed by atoms with Crippen LogP contribution < -0.4 is 0 Å². The summed E-state index contributed by atoms with van der Waals surface area (Å²) in [5.74, 6) is 1.78. The van der Waals surface area contributed by atoms with Crippen molar-refractivity contribution in [3.63, 3.8) is 0 Å². The van der Waals surface area contributed by atoms with Crippen molar-refractivity contribution in [2.45, 2.75) is 103 Å². The Labute approximate surface area is 381 Å². The predicted molar refractivity (Wildman–Crippen MR) is 264 cm³/mol. The molecule has 0 N–H and O–H groups in total. The second kappa shape index (κ2) is 23.3. The molecule has 0 bridgehead atoms. The summed E-state index contributed by atoms with van der Waals surface area (Å²) in [5, 5.41) is 10.9. The molecule has 8 aromatic rings. The molecule has 2 fully saturated rings. The molecule has 0 spiro atoms. The van der Waals surface area contributed by atoms with Crippen LogP contribution in [0.15, 0.2) is 146 Å². The molecule has 306 valence electrons. The summed E-state index contributed by atoms with van der Waals surface area (Å²) in [6, 6.07) is 55.5. The summed E-state index contributed by atoms with van der Waals surface area (Å²) in [6.45, 7) is 4.46. The summed E-state index contributed by atoms with van der Waals surface area (Å²) >= 11 is -0.826. The molecule has 2 aliphatic rings. The molecule has 10 rings (SSSR count). The fraction of sp³-hybridized carbons (Fsp3) is 0.321. The quantitative estimate of drug-likeness (QED) is 0.105. The zero-order valence-electron chi connectivity index (χ0n) is 35.7. The van der Waals surface area contributed by atoms with Gasteiger partial charge in [-0.05, 0) is 57.3 Å². The first-order chi connectivity index (χ1) is 29.6. The smallest absolute Gasteiger partial charge is 0.0114 e. The van der Waals surface area contributed by atoms with Crippen molar-refractivity contribution in [1.29, 1.82) is 0 Å². The van der Waals surface area contributed by atoms with E-state index in [0.717, 1.165) is 21.4 Å². The van der Waals surface area contributed by atoms with E-state index in [4.69, 9.17) is 17.0 Å². The van der Waals surface area contributed by atoms with Crippen LogP contribution in [0.3, 0.4) is 0 Å². The Balaban J connectivity index is 0.000000154. The first kappa shape index (κ1) is 44.8. The van der Waals surface area contributed by atoms with Gasteiger partial charge in [0.15, 0.2) is 0 Å². The SMILES string of the molecule is CCC[Si]C.[Cl][Zr+2][Cl].c1ccc2c(-c3cccc4[cH-]c(CC5CCCCC5)cc34)cccc2c1.c1ccc2c(-c3cccc4[cH-]c(CC5CCCCC5)cc34)cccc2c1. The third-order valence-electron chi connectivity index (χ3n) is 12.8. The van der Waals surface area contributed by atoms with Crippen LogP contribution in [-0.2, 0) is 33.7 Å². The van der Waals surface area contributed by atoms with Crippen molar-refractivity contribution in [3.05, 3.63) is 157 Å². The van der Waals surface area contributed by atoms with Crippen LogP contribution >= 0.6 is 17.0 Å². The molecule has 4 heteroatoms. The number of rotatable bonds is 8. The zero-order chi connectivity index (χ0) is 41.5. The van der Waals surface area contributed by atoms with Gasteiger partial charge in [-0.1, -0.05) is 198 Å². The average molecular weight is 923 g/mol. The Morgan fingerprint density at radius 1 is 0.500 bits per heavy atom. The number of benzene rings is 6. The minimum Gasteiger partial charge on any atom is -0.164 e. The Hall–Kier alpha value is -3.26. The van der Waals surface area contributed by atoms with Gasteiger partial charge in [0.05, 0.1) is 0 Å². The minimum absolute atomic E-state index is 0.826. The van der Waals surface area contributed by atoms with Crippen molar-refractivity contribution in [2.75, 3.05) is 0 Å². The zero-order valence-corrected chi connectivity index (χ0v) is 40.6. The maximum atomic E-state index is 4.93.